The van der Waals surface area contributed by atoms with Crippen LogP contribution < -0.4 is 0 Å². The lowest BCUT2D eigenvalue weighted by Crippen LogP contribution is -1.87. The van der Waals surface area contributed by atoms with Gasteiger partial charge in [-0.25, -0.2) is 0 Å². The molecule has 0 nitrogen and oxygen atoms in total. The van der Waals surface area contributed by atoms with Crippen LogP contribution in [0.15, 0.2) is 72.8 Å². The van der Waals surface area contributed by atoms with Crippen LogP contribution in [-0.2, 0) is 0 Å². The number of benzene rings is 4. The average molecular weight is 267 g/mol. The molecule has 0 fully saturated rings. The Morgan fingerprint density at radius 2 is 1.38 bits per heavy atom. The van der Waals surface area contributed by atoms with Crippen molar-refractivity contribution in [2.75, 3.05) is 0 Å². The molecule has 4 aromatic rings. The largest absolute Gasteiger partial charge is 0.0616 e. The van der Waals surface area contributed by atoms with Crippen molar-refractivity contribution in [2.24, 2.45) is 0 Å². The van der Waals surface area contributed by atoms with Crippen molar-refractivity contribution in [3.8, 4) is 11.1 Å². The van der Waals surface area contributed by atoms with E-state index < -0.39 is 0 Å². The van der Waals surface area contributed by atoms with Gasteiger partial charge in [-0.05, 0) is 51.2 Å². The van der Waals surface area contributed by atoms with Gasteiger partial charge in [0, 0.05) is 0 Å². The summed E-state index contributed by atoms with van der Waals surface area (Å²) in [7, 11) is 0. The zero-order valence-corrected chi connectivity index (χ0v) is 11.9. The number of aryl methyl sites for hydroxylation is 1. The Morgan fingerprint density at radius 3 is 2.29 bits per heavy atom. The summed E-state index contributed by atoms with van der Waals surface area (Å²) in [5.74, 6) is 0. The monoisotopic (exact) mass is 267 g/mol. The fourth-order valence-corrected chi connectivity index (χ4v) is 3.00. The van der Waals surface area contributed by atoms with E-state index in [1.54, 1.807) is 0 Å². The van der Waals surface area contributed by atoms with Gasteiger partial charge in [0.25, 0.3) is 0 Å². The number of hydrogen-bond donors (Lipinski definition) is 0. The summed E-state index contributed by atoms with van der Waals surface area (Å²) in [6.07, 6.45) is 0. The standard InChI is InChI=1S/C21H15/c1-15-10-11-17-7-4-5-9-20(17)21(15)19-13-12-16-6-2-3-8-18(16)14-19/h2-13H,1H3. The van der Waals surface area contributed by atoms with Crippen LogP contribution in [0.1, 0.15) is 5.56 Å². The summed E-state index contributed by atoms with van der Waals surface area (Å²) in [5.41, 5.74) is 3.75. The molecular formula is C21H15. The normalized spacial score (nSPS) is 11.1. The van der Waals surface area contributed by atoms with E-state index >= 15 is 0 Å². The van der Waals surface area contributed by atoms with E-state index in [2.05, 4.69) is 85.8 Å². The molecule has 0 saturated heterocycles. The molecule has 0 saturated carbocycles. The zero-order chi connectivity index (χ0) is 14.2. The van der Waals surface area contributed by atoms with Crippen LogP contribution in [0.5, 0.6) is 0 Å². The SMILES string of the molecule is Cc1ccc2ccccc2c1-c1[c]c2ccccc2cc1. The van der Waals surface area contributed by atoms with Crippen molar-refractivity contribution in [3.05, 3.63) is 84.4 Å². The van der Waals surface area contributed by atoms with Crippen molar-refractivity contribution in [1.29, 1.82) is 0 Å². The number of fused-ring (bicyclic) bond motifs is 2. The quantitative estimate of drug-likeness (QED) is 0.411. The molecule has 0 aromatic heterocycles. The first-order valence-electron chi connectivity index (χ1n) is 7.23. The van der Waals surface area contributed by atoms with Crippen molar-refractivity contribution >= 4 is 21.5 Å². The average Bonchev–Trinajstić information content (AvgIpc) is 2.54. The van der Waals surface area contributed by atoms with Crippen LogP contribution in [0.4, 0.5) is 0 Å². The van der Waals surface area contributed by atoms with E-state index in [0.717, 1.165) is 0 Å². The topological polar surface area (TPSA) is 0 Å². The van der Waals surface area contributed by atoms with Crippen LogP contribution in [0.25, 0.3) is 32.7 Å². The lowest BCUT2D eigenvalue weighted by atomic mass is 9.93. The minimum atomic E-state index is 1.17. The van der Waals surface area contributed by atoms with Gasteiger partial charge < -0.3 is 0 Å². The van der Waals surface area contributed by atoms with Gasteiger partial charge in [0.2, 0.25) is 0 Å². The third-order valence-corrected chi connectivity index (χ3v) is 4.07. The van der Waals surface area contributed by atoms with Crippen molar-refractivity contribution in [3.63, 3.8) is 0 Å². The summed E-state index contributed by atoms with van der Waals surface area (Å²) in [4.78, 5) is 0. The van der Waals surface area contributed by atoms with Gasteiger partial charge in [0.15, 0.2) is 0 Å². The molecule has 0 aliphatic rings. The molecule has 0 heteroatoms. The maximum absolute atomic E-state index is 3.58. The second-order valence-corrected chi connectivity index (χ2v) is 5.44. The van der Waals surface area contributed by atoms with Gasteiger partial charge in [-0.1, -0.05) is 72.8 Å². The summed E-state index contributed by atoms with van der Waals surface area (Å²) >= 11 is 0. The van der Waals surface area contributed by atoms with Gasteiger partial charge in [-0.3, -0.25) is 0 Å². The Labute approximate surface area is 124 Å². The molecule has 0 N–H and O–H groups in total. The first kappa shape index (κ1) is 12.2. The van der Waals surface area contributed by atoms with Gasteiger partial charge >= 0.3 is 0 Å². The Morgan fingerprint density at radius 1 is 0.667 bits per heavy atom. The van der Waals surface area contributed by atoms with Crippen LogP contribution in [-0.4, -0.2) is 0 Å². The second kappa shape index (κ2) is 4.75. The van der Waals surface area contributed by atoms with Gasteiger partial charge in [0.1, 0.15) is 0 Å². The van der Waals surface area contributed by atoms with E-state index in [0.29, 0.717) is 0 Å². The Bertz CT molecular complexity index is 948. The minimum absolute atomic E-state index is 1.17. The Kier molecular flexibility index (Phi) is 2.75. The van der Waals surface area contributed by atoms with Crippen molar-refractivity contribution < 1.29 is 0 Å². The molecule has 1 radical (unpaired) electrons. The highest BCUT2D eigenvalue weighted by atomic mass is 14.1. The first-order valence-corrected chi connectivity index (χ1v) is 7.23. The molecule has 0 amide bonds. The molecule has 0 aliphatic carbocycles. The highest BCUT2D eigenvalue weighted by Gasteiger charge is 2.08. The molecular weight excluding hydrogens is 252 g/mol. The number of hydrogen-bond acceptors (Lipinski definition) is 0. The fourth-order valence-electron chi connectivity index (χ4n) is 3.00. The highest BCUT2D eigenvalue weighted by molar-refractivity contribution is 6.00. The molecule has 0 unspecified atom stereocenters. The lowest BCUT2D eigenvalue weighted by molar-refractivity contribution is 1.49. The molecule has 4 rings (SSSR count). The van der Waals surface area contributed by atoms with E-state index in [1.165, 1.54) is 38.2 Å². The lowest BCUT2D eigenvalue weighted by Gasteiger charge is -2.11. The van der Waals surface area contributed by atoms with Crippen molar-refractivity contribution in [1.82, 2.24) is 0 Å². The summed E-state index contributed by atoms with van der Waals surface area (Å²) in [5, 5.41) is 4.98. The second-order valence-electron chi connectivity index (χ2n) is 5.44. The van der Waals surface area contributed by atoms with Gasteiger partial charge in [-0.15, -0.1) is 0 Å². The highest BCUT2D eigenvalue weighted by Crippen LogP contribution is 2.33. The molecule has 0 spiro atoms. The van der Waals surface area contributed by atoms with Crippen LogP contribution in [0.2, 0.25) is 0 Å². The summed E-state index contributed by atoms with van der Waals surface area (Å²) < 4.78 is 0. The molecule has 4 aromatic carbocycles. The predicted molar refractivity (Wildman–Crippen MR) is 90.5 cm³/mol. The van der Waals surface area contributed by atoms with E-state index in [9.17, 15) is 0 Å². The fraction of sp³-hybridized carbons (Fsp3) is 0.0476. The molecule has 0 bridgehead atoms. The van der Waals surface area contributed by atoms with Crippen molar-refractivity contribution in [2.45, 2.75) is 6.92 Å². The van der Waals surface area contributed by atoms with E-state index in [1.807, 2.05) is 0 Å². The molecule has 0 atom stereocenters. The Balaban J connectivity index is 2.05. The van der Waals surface area contributed by atoms with E-state index in [-0.39, 0.29) is 0 Å². The summed E-state index contributed by atoms with van der Waals surface area (Å²) in [6, 6.07) is 29.3. The minimum Gasteiger partial charge on any atom is -0.0616 e. The zero-order valence-electron chi connectivity index (χ0n) is 11.9. The summed E-state index contributed by atoms with van der Waals surface area (Å²) in [6.45, 7) is 2.17. The maximum Gasteiger partial charge on any atom is -0.00140 e. The van der Waals surface area contributed by atoms with Gasteiger partial charge in [0.05, 0.1) is 0 Å². The van der Waals surface area contributed by atoms with E-state index in [4.69, 9.17) is 0 Å². The first-order chi connectivity index (χ1) is 10.3. The number of rotatable bonds is 1. The van der Waals surface area contributed by atoms with Crippen LogP contribution in [0.3, 0.4) is 0 Å². The maximum atomic E-state index is 3.58. The Hall–Kier alpha value is -2.60. The smallest absolute Gasteiger partial charge is 0.00140 e. The third-order valence-electron chi connectivity index (χ3n) is 4.07. The third kappa shape index (κ3) is 2.00. The van der Waals surface area contributed by atoms with Crippen LogP contribution in [0, 0.1) is 13.0 Å². The molecule has 0 aliphatic heterocycles. The molecule has 0 heterocycles. The van der Waals surface area contributed by atoms with Crippen LogP contribution >= 0.6 is 0 Å². The van der Waals surface area contributed by atoms with Gasteiger partial charge in [-0.2, -0.15) is 0 Å². The molecule has 99 valence electrons. The predicted octanol–water partition coefficient (Wildman–Crippen LogP) is 5.77. The molecule has 21 heavy (non-hydrogen) atoms.